The van der Waals surface area contributed by atoms with E-state index in [0.29, 0.717) is 24.4 Å². The number of likely N-dealkylation sites (N-methyl/N-ethyl adjacent to an activating group) is 1. The second-order valence-corrected chi connectivity index (χ2v) is 6.93. The Morgan fingerprint density at radius 3 is 2.29 bits per heavy atom. The van der Waals surface area contributed by atoms with Gasteiger partial charge in [0.25, 0.3) is 11.7 Å². The van der Waals surface area contributed by atoms with E-state index in [0.717, 1.165) is 5.56 Å². The number of Topliss-reactive ketones (excluding diaryl/α,β-unsaturated/α-hetero) is 1. The van der Waals surface area contributed by atoms with E-state index in [1.165, 1.54) is 4.90 Å². The summed E-state index contributed by atoms with van der Waals surface area (Å²) in [5.74, 6) is -0.745. The number of hydrogen-bond donors (Lipinski definition) is 1. The first-order chi connectivity index (χ1) is 13.4. The van der Waals surface area contributed by atoms with Crippen LogP contribution in [0.5, 0.6) is 5.75 Å². The second-order valence-electron chi connectivity index (χ2n) is 6.93. The van der Waals surface area contributed by atoms with Crippen LogP contribution in [0.3, 0.4) is 0 Å². The fourth-order valence-corrected chi connectivity index (χ4v) is 3.30. The maximum Gasteiger partial charge on any atom is 0.295 e. The Balaban J connectivity index is 2.12. The predicted molar refractivity (Wildman–Crippen MR) is 107 cm³/mol. The summed E-state index contributed by atoms with van der Waals surface area (Å²) in [7, 11) is 5.39. The van der Waals surface area contributed by atoms with Gasteiger partial charge in [-0.3, -0.25) is 9.59 Å². The van der Waals surface area contributed by atoms with Crippen LogP contribution in [-0.2, 0) is 9.59 Å². The van der Waals surface area contributed by atoms with E-state index in [4.69, 9.17) is 4.74 Å². The molecule has 0 spiro atoms. The molecule has 146 valence electrons. The molecule has 0 unspecified atom stereocenters. The lowest BCUT2D eigenvalue weighted by atomic mass is 9.95. The molecule has 1 aliphatic rings. The van der Waals surface area contributed by atoms with Crippen molar-refractivity contribution in [1.29, 1.82) is 0 Å². The summed E-state index contributed by atoms with van der Waals surface area (Å²) >= 11 is 0. The van der Waals surface area contributed by atoms with Crippen LogP contribution in [0.2, 0.25) is 0 Å². The molecule has 0 bridgehead atoms. The van der Waals surface area contributed by atoms with Crippen molar-refractivity contribution in [3.63, 3.8) is 0 Å². The predicted octanol–water partition coefficient (Wildman–Crippen LogP) is 2.68. The first-order valence-corrected chi connectivity index (χ1v) is 9.06. The first-order valence-electron chi connectivity index (χ1n) is 9.06. The van der Waals surface area contributed by atoms with E-state index >= 15 is 0 Å². The molecule has 0 aliphatic carbocycles. The second kappa shape index (κ2) is 8.27. The normalized spacial score (nSPS) is 18.7. The Morgan fingerprint density at radius 1 is 1.07 bits per heavy atom. The Morgan fingerprint density at radius 2 is 1.71 bits per heavy atom. The van der Waals surface area contributed by atoms with Gasteiger partial charge in [-0.05, 0) is 31.8 Å². The molecule has 3 rings (SSSR count). The van der Waals surface area contributed by atoms with Crippen molar-refractivity contribution in [2.45, 2.75) is 6.04 Å². The molecule has 28 heavy (non-hydrogen) atoms. The zero-order valence-electron chi connectivity index (χ0n) is 16.3. The largest absolute Gasteiger partial charge is 0.507 e. The lowest BCUT2D eigenvalue weighted by Crippen LogP contribution is -2.35. The van der Waals surface area contributed by atoms with Crippen LogP contribution >= 0.6 is 0 Å². The molecule has 1 aliphatic heterocycles. The van der Waals surface area contributed by atoms with E-state index in [1.807, 2.05) is 37.2 Å². The number of ketones is 1. The highest BCUT2D eigenvalue weighted by atomic mass is 16.5. The van der Waals surface area contributed by atoms with Gasteiger partial charge in [0.1, 0.15) is 11.5 Å². The van der Waals surface area contributed by atoms with Gasteiger partial charge in [0.05, 0.1) is 18.7 Å². The van der Waals surface area contributed by atoms with Crippen molar-refractivity contribution in [1.82, 2.24) is 9.80 Å². The number of benzene rings is 2. The molecule has 1 fully saturated rings. The van der Waals surface area contributed by atoms with Gasteiger partial charge >= 0.3 is 0 Å². The monoisotopic (exact) mass is 380 g/mol. The van der Waals surface area contributed by atoms with Gasteiger partial charge in [0.2, 0.25) is 0 Å². The number of rotatable bonds is 6. The van der Waals surface area contributed by atoms with Crippen LogP contribution in [0.4, 0.5) is 0 Å². The minimum atomic E-state index is -0.666. The van der Waals surface area contributed by atoms with Crippen molar-refractivity contribution in [3.05, 3.63) is 71.3 Å². The van der Waals surface area contributed by atoms with Crippen LogP contribution in [-0.4, -0.2) is 60.9 Å². The molecule has 1 atom stereocenters. The van der Waals surface area contributed by atoms with Crippen LogP contribution < -0.4 is 4.74 Å². The topological polar surface area (TPSA) is 70.1 Å². The van der Waals surface area contributed by atoms with Gasteiger partial charge in [-0.2, -0.15) is 0 Å². The number of aliphatic hydroxyl groups is 1. The Bertz CT molecular complexity index is 889. The summed E-state index contributed by atoms with van der Waals surface area (Å²) in [6.45, 7) is 0.977. The number of nitrogens with zero attached hydrogens (tertiary/aromatic N) is 2. The molecule has 2 aromatic rings. The van der Waals surface area contributed by atoms with E-state index in [9.17, 15) is 14.7 Å². The van der Waals surface area contributed by atoms with Gasteiger partial charge in [-0.15, -0.1) is 0 Å². The van der Waals surface area contributed by atoms with Crippen molar-refractivity contribution in [2.75, 3.05) is 34.3 Å². The number of amides is 1. The Hall–Kier alpha value is -3.12. The lowest BCUT2D eigenvalue weighted by Gasteiger charge is -2.26. The third-order valence-corrected chi connectivity index (χ3v) is 4.81. The fraction of sp³-hybridized carbons (Fsp3) is 0.273. The molecule has 6 heteroatoms. The van der Waals surface area contributed by atoms with E-state index < -0.39 is 17.7 Å². The summed E-state index contributed by atoms with van der Waals surface area (Å²) in [5, 5.41) is 10.9. The van der Waals surface area contributed by atoms with Crippen LogP contribution in [0.1, 0.15) is 17.2 Å². The average Bonchev–Trinajstić information content (AvgIpc) is 2.97. The van der Waals surface area contributed by atoms with Crippen LogP contribution in [0.15, 0.2) is 60.2 Å². The molecule has 2 aromatic carbocycles. The maximum atomic E-state index is 12.8. The lowest BCUT2D eigenvalue weighted by molar-refractivity contribution is -0.140. The number of carbonyl (C=O) groups excluding carboxylic acids is 2. The van der Waals surface area contributed by atoms with Crippen molar-refractivity contribution >= 4 is 17.4 Å². The Kier molecular flexibility index (Phi) is 5.80. The third-order valence-electron chi connectivity index (χ3n) is 4.81. The molecular weight excluding hydrogens is 356 g/mol. The SMILES string of the molecule is COc1ccc([C@@H]2C(=C(O)c3ccccc3)C(=O)C(=O)N2CCN(C)C)cc1. The maximum absolute atomic E-state index is 12.8. The highest BCUT2D eigenvalue weighted by Gasteiger charge is 2.45. The third kappa shape index (κ3) is 3.77. The zero-order valence-corrected chi connectivity index (χ0v) is 16.3. The quantitative estimate of drug-likeness (QED) is 0.474. The number of likely N-dealkylation sites (tertiary alicyclic amines) is 1. The van der Waals surface area contributed by atoms with Crippen LogP contribution in [0, 0.1) is 0 Å². The van der Waals surface area contributed by atoms with Gasteiger partial charge < -0.3 is 19.6 Å². The minimum Gasteiger partial charge on any atom is -0.507 e. The van der Waals surface area contributed by atoms with Gasteiger partial charge in [-0.1, -0.05) is 42.5 Å². The molecule has 1 saturated heterocycles. The van der Waals surface area contributed by atoms with Crippen molar-refractivity contribution in [3.8, 4) is 5.75 Å². The minimum absolute atomic E-state index is 0.111. The number of ether oxygens (including phenoxy) is 1. The van der Waals surface area contributed by atoms with E-state index in [-0.39, 0.29) is 11.3 Å². The summed E-state index contributed by atoms with van der Waals surface area (Å²) in [5.41, 5.74) is 1.36. The average molecular weight is 380 g/mol. The molecule has 1 amide bonds. The molecule has 0 saturated carbocycles. The zero-order chi connectivity index (χ0) is 20.3. The number of methoxy groups -OCH3 is 1. The molecule has 6 nitrogen and oxygen atoms in total. The number of carbonyl (C=O) groups is 2. The number of hydrogen-bond acceptors (Lipinski definition) is 5. The molecule has 0 aromatic heterocycles. The highest BCUT2D eigenvalue weighted by Crippen LogP contribution is 2.39. The smallest absolute Gasteiger partial charge is 0.295 e. The van der Waals surface area contributed by atoms with E-state index in [1.54, 1.807) is 43.5 Å². The van der Waals surface area contributed by atoms with Gasteiger partial charge in [0, 0.05) is 18.7 Å². The summed E-state index contributed by atoms with van der Waals surface area (Å²) in [4.78, 5) is 29.1. The number of aliphatic hydroxyl groups excluding tert-OH is 1. The van der Waals surface area contributed by atoms with Gasteiger partial charge in [-0.25, -0.2) is 0 Å². The van der Waals surface area contributed by atoms with E-state index in [2.05, 4.69) is 0 Å². The Labute approximate surface area is 164 Å². The summed E-state index contributed by atoms with van der Waals surface area (Å²) < 4.78 is 5.21. The first kappa shape index (κ1) is 19.6. The van der Waals surface area contributed by atoms with Crippen LogP contribution in [0.25, 0.3) is 5.76 Å². The molecule has 1 heterocycles. The molecule has 0 radical (unpaired) electrons. The van der Waals surface area contributed by atoms with Crippen molar-refractivity contribution < 1.29 is 19.4 Å². The summed E-state index contributed by atoms with van der Waals surface area (Å²) in [6, 6.07) is 15.4. The van der Waals surface area contributed by atoms with Gasteiger partial charge in [0.15, 0.2) is 0 Å². The summed E-state index contributed by atoms with van der Waals surface area (Å²) in [6.07, 6.45) is 0. The molecule has 1 N–H and O–H groups in total. The van der Waals surface area contributed by atoms with Crippen molar-refractivity contribution in [2.24, 2.45) is 0 Å². The highest BCUT2D eigenvalue weighted by molar-refractivity contribution is 6.46. The standard InChI is InChI=1S/C22H24N2O4/c1-23(2)13-14-24-19(15-9-11-17(28-3)12-10-15)18(21(26)22(24)27)20(25)16-7-5-4-6-8-16/h4-12,19,25H,13-14H2,1-3H3/t19-/m1/s1. The molecular formula is C22H24N2O4. The fourth-order valence-electron chi connectivity index (χ4n) is 3.30.